The van der Waals surface area contributed by atoms with Gasteiger partial charge in [-0.15, -0.1) is 0 Å². The summed E-state index contributed by atoms with van der Waals surface area (Å²) in [6, 6.07) is 1.60. The van der Waals surface area contributed by atoms with Crippen LogP contribution in [0.25, 0.3) is 0 Å². The molecule has 39 heavy (non-hydrogen) atoms. The van der Waals surface area contributed by atoms with E-state index in [0.717, 1.165) is 18.3 Å². The van der Waals surface area contributed by atoms with Crippen LogP contribution in [0, 0.1) is 11.8 Å². The van der Waals surface area contributed by atoms with Gasteiger partial charge in [0, 0.05) is 46.8 Å². The molecule has 1 amide bonds. The van der Waals surface area contributed by atoms with Crippen molar-refractivity contribution in [3.63, 3.8) is 0 Å². The Morgan fingerprint density at radius 1 is 1.03 bits per heavy atom. The first-order chi connectivity index (χ1) is 17.8. The van der Waals surface area contributed by atoms with Crippen molar-refractivity contribution in [1.82, 2.24) is 14.5 Å². The van der Waals surface area contributed by atoms with Crippen LogP contribution >= 0.6 is 23.2 Å². The van der Waals surface area contributed by atoms with Gasteiger partial charge in [0.05, 0.1) is 5.69 Å². The molecule has 1 unspecified atom stereocenters. The summed E-state index contributed by atoms with van der Waals surface area (Å²) >= 11 is 12.7. The smallest absolute Gasteiger partial charge is 0.376 e. The molecule has 19 heteroatoms. The molecule has 1 aliphatic carbocycles. The molecule has 2 aromatic rings. The third kappa shape index (κ3) is 5.54. The molecule has 0 radical (unpaired) electrons. The second kappa shape index (κ2) is 9.99. The van der Waals surface area contributed by atoms with E-state index in [1.807, 2.05) is 0 Å². The Morgan fingerprint density at radius 2 is 1.64 bits per heavy atom. The zero-order valence-electron chi connectivity index (χ0n) is 19.2. The maximum absolute atomic E-state index is 13.0. The molecule has 3 atom stereocenters. The number of halogens is 8. The highest BCUT2D eigenvalue weighted by Crippen LogP contribution is 2.48. The number of carbonyl (C=O) groups is 1. The van der Waals surface area contributed by atoms with Crippen molar-refractivity contribution in [2.75, 3.05) is 6.54 Å². The average Bonchev–Trinajstić information content (AvgIpc) is 3.40. The highest BCUT2D eigenvalue weighted by molar-refractivity contribution is 7.90. The van der Waals surface area contributed by atoms with Gasteiger partial charge in [0.25, 0.3) is 0 Å². The Balaban J connectivity index is 1.73. The number of amides is 1. The predicted octanol–water partition coefficient (Wildman–Crippen LogP) is 4.14. The summed E-state index contributed by atoms with van der Waals surface area (Å²) in [6.07, 6.45) is 1.29. The minimum Gasteiger partial charge on any atom is -0.376 e. The van der Waals surface area contributed by atoms with E-state index in [-0.39, 0.29) is 56.8 Å². The molecule has 216 valence electrons. The van der Waals surface area contributed by atoms with Crippen LogP contribution in [0.4, 0.5) is 26.3 Å². The molecule has 0 bridgehead atoms. The Kier molecular flexibility index (Phi) is 7.62. The monoisotopic (exact) mass is 643 g/mol. The van der Waals surface area contributed by atoms with E-state index in [1.54, 1.807) is 0 Å². The number of nitrogens with zero attached hydrogens (tertiary/aromatic N) is 2. The van der Waals surface area contributed by atoms with Crippen LogP contribution < -0.4 is 9.50 Å². The summed E-state index contributed by atoms with van der Waals surface area (Å²) < 4.78 is 128. The highest BCUT2D eigenvalue weighted by Gasteiger charge is 2.50. The van der Waals surface area contributed by atoms with Gasteiger partial charge in [-0.25, -0.2) is 0 Å². The summed E-state index contributed by atoms with van der Waals surface area (Å²) in [5.41, 5.74) is -10.9. The van der Waals surface area contributed by atoms with E-state index in [1.165, 1.54) is 0 Å². The fraction of sp³-hybridized carbons (Fsp3) is 0.500. The predicted molar refractivity (Wildman–Crippen MR) is 124 cm³/mol. The van der Waals surface area contributed by atoms with Gasteiger partial charge in [-0.3, -0.25) is 4.79 Å². The van der Waals surface area contributed by atoms with Crippen LogP contribution in [0.3, 0.4) is 0 Å². The number of aromatic nitrogens is 2. The Bertz CT molecular complexity index is 1500. The summed E-state index contributed by atoms with van der Waals surface area (Å²) in [6.45, 7) is 0.278. The minimum atomic E-state index is -6.04. The number of alkyl halides is 6. The van der Waals surface area contributed by atoms with Crippen molar-refractivity contribution in [1.29, 1.82) is 0 Å². The SMILES string of the molecule is O=C1NCC[C@@H]1C(c1c(Cl)cc(OS(=O)(=O)C(F)(F)F)cc1Cl)[C@@H]1CCc2nn(S(=O)(=O)C(F)(F)F)cc2C1. The molecule has 1 saturated heterocycles. The van der Waals surface area contributed by atoms with E-state index in [0.29, 0.717) is 6.42 Å². The van der Waals surface area contributed by atoms with Gasteiger partial charge >= 0.3 is 31.2 Å². The Morgan fingerprint density at radius 3 is 2.15 bits per heavy atom. The lowest BCUT2D eigenvalue weighted by atomic mass is 9.70. The molecular formula is C20H17Cl2F6N3O6S2. The molecule has 4 rings (SSSR count). The number of carbonyl (C=O) groups excluding carboxylic acids is 1. The van der Waals surface area contributed by atoms with Crippen LogP contribution in [-0.4, -0.2) is 49.5 Å². The first kappa shape index (κ1) is 29.7. The molecule has 1 fully saturated rings. The van der Waals surface area contributed by atoms with Crippen molar-refractivity contribution < 1.29 is 52.2 Å². The lowest BCUT2D eigenvalue weighted by Gasteiger charge is -2.34. The zero-order valence-corrected chi connectivity index (χ0v) is 22.3. The highest BCUT2D eigenvalue weighted by atomic mass is 35.5. The first-order valence-corrected chi connectivity index (χ1v) is 14.6. The molecule has 1 N–H and O–H groups in total. The molecule has 9 nitrogen and oxygen atoms in total. The Hall–Kier alpha value is -2.24. The molecule has 1 aromatic heterocycles. The molecule has 2 aliphatic rings. The van der Waals surface area contributed by atoms with Gasteiger partial charge in [0.2, 0.25) is 5.91 Å². The standard InChI is InChI=1S/C20H17Cl2F6N3O6S2/c21-13-6-11(37-39(35,36)20(26,27)28)7-14(22)17(13)16(12-3-4-29-18(12)32)9-1-2-15-10(5-9)8-31(30-15)38(33,34)19(23,24)25/h6-9,12,16H,1-5H2,(H,29,32)/t9-,12-,16?/m1/s1. The van der Waals surface area contributed by atoms with E-state index >= 15 is 0 Å². The first-order valence-electron chi connectivity index (χ1n) is 11.0. The van der Waals surface area contributed by atoms with E-state index in [9.17, 15) is 48.0 Å². The number of hydrogen-bond acceptors (Lipinski definition) is 7. The quantitative estimate of drug-likeness (QED) is 0.285. The third-order valence-corrected chi connectivity index (χ3v) is 9.41. The average molecular weight is 644 g/mol. The molecular weight excluding hydrogens is 627 g/mol. The fourth-order valence-electron chi connectivity index (χ4n) is 4.87. The molecule has 1 aromatic carbocycles. The number of aryl methyl sites for hydroxylation is 1. The summed E-state index contributed by atoms with van der Waals surface area (Å²) in [5, 5.41) is 5.61. The van der Waals surface area contributed by atoms with Gasteiger partial charge in [0.1, 0.15) is 5.75 Å². The minimum absolute atomic E-state index is 0.0233. The Labute approximate surface area is 227 Å². The molecule has 2 heterocycles. The second-order valence-corrected chi connectivity index (χ2v) is 13.1. The maximum Gasteiger partial charge on any atom is 0.534 e. The molecule has 0 saturated carbocycles. The number of fused-ring (bicyclic) bond motifs is 1. The number of hydrogen-bond donors (Lipinski definition) is 1. The third-order valence-electron chi connectivity index (χ3n) is 6.54. The van der Waals surface area contributed by atoms with Crippen molar-refractivity contribution in [3.8, 4) is 5.75 Å². The van der Waals surface area contributed by atoms with Gasteiger partial charge < -0.3 is 9.50 Å². The van der Waals surface area contributed by atoms with Crippen molar-refractivity contribution in [2.24, 2.45) is 11.8 Å². The van der Waals surface area contributed by atoms with Crippen molar-refractivity contribution in [3.05, 3.63) is 45.2 Å². The van der Waals surface area contributed by atoms with Gasteiger partial charge in [-0.05, 0) is 42.7 Å². The van der Waals surface area contributed by atoms with Crippen LogP contribution in [0.15, 0.2) is 18.3 Å². The van der Waals surface area contributed by atoms with Crippen LogP contribution in [-0.2, 0) is 37.8 Å². The second-order valence-electron chi connectivity index (χ2n) is 8.92. The van der Waals surface area contributed by atoms with Gasteiger partial charge in [-0.2, -0.15) is 52.4 Å². The summed E-state index contributed by atoms with van der Waals surface area (Å²) in [7, 11) is -11.8. The number of rotatable bonds is 6. The van der Waals surface area contributed by atoms with E-state index in [4.69, 9.17) is 23.2 Å². The molecule has 0 spiro atoms. The normalized spacial score (nSPS) is 21.4. The zero-order chi connectivity index (χ0) is 29.1. The van der Waals surface area contributed by atoms with Crippen LogP contribution in [0.5, 0.6) is 5.75 Å². The van der Waals surface area contributed by atoms with E-state index in [2.05, 4.69) is 14.6 Å². The topological polar surface area (TPSA) is 124 Å². The lowest BCUT2D eigenvalue weighted by molar-refractivity contribution is -0.123. The molecule has 1 aliphatic heterocycles. The number of benzene rings is 1. The summed E-state index contributed by atoms with van der Waals surface area (Å²) in [5.74, 6) is -3.35. The fourth-order valence-corrected chi connectivity index (χ4v) is 6.71. The van der Waals surface area contributed by atoms with Gasteiger partial charge in [-0.1, -0.05) is 23.2 Å². The maximum atomic E-state index is 13.0. The van der Waals surface area contributed by atoms with Crippen molar-refractivity contribution >= 4 is 49.3 Å². The number of nitrogens with one attached hydrogen (secondary N) is 1. The summed E-state index contributed by atoms with van der Waals surface area (Å²) in [4.78, 5) is 12.7. The largest absolute Gasteiger partial charge is 0.534 e. The van der Waals surface area contributed by atoms with E-state index < -0.39 is 60.6 Å². The van der Waals surface area contributed by atoms with Crippen molar-refractivity contribution in [2.45, 2.75) is 42.6 Å². The van der Waals surface area contributed by atoms with Gasteiger partial charge in [0.15, 0.2) is 0 Å². The van der Waals surface area contributed by atoms with Crippen LogP contribution in [0.1, 0.15) is 35.6 Å². The lowest BCUT2D eigenvalue weighted by Crippen LogP contribution is -2.32. The van der Waals surface area contributed by atoms with Crippen LogP contribution in [0.2, 0.25) is 10.0 Å².